The molecule has 13 heteroatoms. The van der Waals surface area contributed by atoms with Gasteiger partial charge in [-0.3, -0.25) is 20.2 Å². The molecule has 1 aromatic rings. The largest absolute Gasteiger partial charge is 0.477 e. The van der Waals surface area contributed by atoms with Gasteiger partial charge in [0.1, 0.15) is 11.1 Å². The lowest BCUT2D eigenvalue weighted by atomic mass is 9.96. The summed E-state index contributed by atoms with van der Waals surface area (Å²) in [5.74, 6) is -1.86. The summed E-state index contributed by atoms with van der Waals surface area (Å²) in [6.07, 6.45) is 0.310. The van der Waals surface area contributed by atoms with Crippen LogP contribution in [0.3, 0.4) is 0 Å². The van der Waals surface area contributed by atoms with E-state index in [9.17, 15) is 19.5 Å². The number of carboxylic acids is 1. The fourth-order valence-corrected chi connectivity index (χ4v) is 4.83. The van der Waals surface area contributed by atoms with Crippen molar-refractivity contribution < 1.29 is 19.5 Å². The number of aliphatic carboxylic acids is 1. The van der Waals surface area contributed by atoms with E-state index in [1.165, 1.54) is 11.8 Å². The van der Waals surface area contributed by atoms with Gasteiger partial charge in [0.05, 0.1) is 4.86 Å². The molecule has 2 atom stereocenters. The zero-order valence-electron chi connectivity index (χ0n) is 11.8. The zero-order chi connectivity index (χ0) is 17.6. The Morgan fingerprint density at radius 1 is 1.54 bits per heavy atom. The number of hydrogen-bond acceptors (Lipinski definition) is 10. The van der Waals surface area contributed by atoms with E-state index in [1.54, 1.807) is 0 Å². The topological polar surface area (TPSA) is 165 Å². The van der Waals surface area contributed by atoms with Crippen molar-refractivity contribution in [3.63, 3.8) is 0 Å². The van der Waals surface area contributed by atoms with Crippen LogP contribution in [-0.4, -0.2) is 60.1 Å². The summed E-state index contributed by atoms with van der Waals surface area (Å²) in [7, 11) is 0. The average molecular weight is 386 g/mol. The second-order valence-corrected chi connectivity index (χ2v) is 7.36. The molecule has 0 bridgehead atoms. The molecule has 3 rings (SSSR count). The van der Waals surface area contributed by atoms with E-state index in [1.807, 2.05) is 0 Å². The van der Waals surface area contributed by atoms with Gasteiger partial charge < -0.3 is 16.2 Å². The molecule has 0 aromatic carbocycles. The van der Waals surface area contributed by atoms with Gasteiger partial charge in [-0.1, -0.05) is 23.6 Å². The van der Waals surface area contributed by atoms with Crippen LogP contribution in [0.1, 0.15) is 5.01 Å². The van der Waals surface area contributed by atoms with Crippen LogP contribution < -0.4 is 16.8 Å². The van der Waals surface area contributed by atoms with Crippen LogP contribution in [0.15, 0.2) is 11.3 Å². The molecule has 1 aromatic heterocycles. The first-order chi connectivity index (χ1) is 11.3. The molecular weight excluding hydrogens is 376 g/mol. The third-order valence-electron chi connectivity index (χ3n) is 3.52. The average Bonchev–Trinajstić information content (AvgIpc) is 2.98. The summed E-state index contributed by atoms with van der Waals surface area (Å²) in [6, 6.07) is 0. The van der Waals surface area contributed by atoms with E-state index in [2.05, 4.69) is 15.5 Å². The third kappa shape index (κ3) is 2.28. The molecule has 2 amide bonds. The first kappa shape index (κ1) is 16.8. The van der Waals surface area contributed by atoms with E-state index in [4.69, 9.17) is 23.7 Å². The van der Waals surface area contributed by atoms with E-state index in [-0.39, 0.29) is 27.0 Å². The van der Waals surface area contributed by atoms with Gasteiger partial charge in [-0.25, -0.2) is 4.79 Å². The number of amides is 2. The van der Waals surface area contributed by atoms with Crippen molar-refractivity contribution >= 4 is 63.6 Å². The highest BCUT2D eigenvalue weighted by molar-refractivity contribution is 8.00. The highest BCUT2D eigenvalue weighted by Gasteiger charge is 2.63. The number of rotatable bonds is 5. The highest BCUT2D eigenvalue weighted by atomic mass is 32.2. The number of nitrogens with two attached hydrogens (primary N) is 2. The van der Waals surface area contributed by atoms with Crippen molar-refractivity contribution in [1.29, 1.82) is 0 Å². The Kier molecular flexibility index (Phi) is 4.03. The molecule has 0 saturated carbocycles. The van der Waals surface area contributed by atoms with Gasteiger partial charge in [-0.05, 0) is 0 Å². The summed E-state index contributed by atoms with van der Waals surface area (Å²) >= 11 is 7.51. The summed E-state index contributed by atoms with van der Waals surface area (Å²) in [6.45, 7) is 0. The number of aromatic nitrogens is 2. The minimum absolute atomic E-state index is 0.165. The second-order valence-electron chi connectivity index (χ2n) is 4.88. The first-order valence-corrected chi connectivity index (χ1v) is 8.64. The van der Waals surface area contributed by atoms with Gasteiger partial charge in [0, 0.05) is 11.3 Å². The maximum atomic E-state index is 12.3. The van der Waals surface area contributed by atoms with Gasteiger partial charge in [-0.15, -0.1) is 22.0 Å². The number of thioether (sulfide) groups is 1. The monoisotopic (exact) mass is 386 g/mol. The van der Waals surface area contributed by atoms with E-state index >= 15 is 0 Å². The van der Waals surface area contributed by atoms with Crippen LogP contribution in [0.5, 0.6) is 0 Å². The number of nitrogens with one attached hydrogen (secondary N) is 1. The van der Waals surface area contributed by atoms with Crippen molar-refractivity contribution in [1.82, 2.24) is 20.4 Å². The fraction of sp³-hybridized carbons (Fsp3) is 0.273. The quantitative estimate of drug-likeness (QED) is 0.154. The molecule has 10 nitrogen and oxygen atoms in total. The maximum absolute atomic E-state index is 12.3. The second kappa shape index (κ2) is 5.77. The number of nitrogens with zero attached hydrogens (tertiary/aromatic N) is 3. The van der Waals surface area contributed by atoms with E-state index in [0.29, 0.717) is 11.4 Å². The molecule has 0 spiro atoms. The van der Waals surface area contributed by atoms with Crippen molar-refractivity contribution in [3.8, 4) is 0 Å². The summed E-state index contributed by atoms with van der Waals surface area (Å²) in [5.41, 5.74) is 9.75. The Morgan fingerprint density at radius 2 is 2.25 bits per heavy atom. The number of hydrogen-bond donors (Lipinski definition) is 4. The van der Waals surface area contributed by atoms with Gasteiger partial charge in [0.25, 0.3) is 5.91 Å². The number of fused-ring (bicyclic) bond motifs is 1. The van der Waals surface area contributed by atoms with Gasteiger partial charge >= 0.3 is 5.97 Å². The number of β-lactam (4-membered cyclic amide) rings is 1. The number of thiocarbonyl (C=S) groups is 1. The van der Waals surface area contributed by atoms with Crippen molar-refractivity contribution in [2.45, 2.75) is 11.0 Å². The van der Waals surface area contributed by atoms with E-state index in [0.717, 1.165) is 16.2 Å². The van der Waals surface area contributed by atoms with Crippen LogP contribution >= 0.6 is 35.3 Å². The standard InChI is InChI=1S/C11H10N6O4S3/c12-10-16-15-6(24-10)5(22)3-1-23-9-11(13,14-2-18)8(21)17(9)4(3)7(19)20/h2,9H,1,13H2,(H2,12,16)(H,14,18)(H,19,20)/t9-,11-/m0/s1. The zero-order valence-corrected chi connectivity index (χ0v) is 14.2. The summed E-state index contributed by atoms with van der Waals surface area (Å²) in [4.78, 5) is 35.9. The molecule has 2 aliphatic heterocycles. The first-order valence-electron chi connectivity index (χ1n) is 6.37. The van der Waals surface area contributed by atoms with Crippen molar-refractivity contribution in [2.75, 3.05) is 11.5 Å². The number of anilines is 1. The number of nitrogen functional groups attached to an aromatic ring is 1. The van der Waals surface area contributed by atoms with Crippen LogP contribution in [0.4, 0.5) is 5.13 Å². The van der Waals surface area contributed by atoms with Crippen LogP contribution in [-0.2, 0) is 14.4 Å². The molecule has 2 aliphatic rings. The lowest BCUT2D eigenvalue weighted by Gasteiger charge is -2.54. The maximum Gasteiger partial charge on any atom is 0.353 e. The minimum Gasteiger partial charge on any atom is -0.477 e. The molecule has 3 heterocycles. The Bertz CT molecular complexity index is 807. The molecule has 1 saturated heterocycles. The Balaban J connectivity index is 2.02. The predicted molar refractivity (Wildman–Crippen MR) is 89.9 cm³/mol. The molecular formula is C11H10N6O4S3. The Hall–Kier alpha value is -2.09. The summed E-state index contributed by atoms with van der Waals surface area (Å²) < 4.78 is 0. The molecule has 0 unspecified atom stereocenters. The van der Waals surface area contributed by atoms with Gasteiger partial charge in [0.2, 0.25) is 17.2 Å². The van der Waals surface area contributed by atoms with Crippen molar-refractivity contribution in [2.24, 2.45) is 5.73 Å². The van der Waals surface area contributed by atoms with Crippen LogP contribution in [0, 0.1) is 0 Å². The molecule has 0 aliphatic carbocycles. The molecule has 0 radical (unpaired) electrons. The fourth-order valence-electron chi connectivity index (χ4n) is 2.44. The molecule has 24 heavy (non-hydrogen) atoms. The SMILES string of the molecule is Nc1nnc(C(=S)C2=C(C(=O)O)N3C(=O)[C@](N)(NC=O)[C@@H]3SC2)s1. The van der Waals surface area contributed by atoms with Gasteiger partial charge in [-0.2, -0.15) is 0 Å². The number of carboxylic acid groups (broad SMARTS) is 1. The van der Waals surface area contributed by atoms with Crippen LogP contribution in [0.2, 0.25) is 0 Å². The highest BCUT2D eigenvalue weighted by Crippen LogP contribution is 2.44. The Labute approximate surface area is 148 Å². The normalized spacial score (nSPS) is 25.8. The minimum atomic E-state index is -1.63. The molecule has 126 valence electrons. The van der Waals surface area contributed by atoms with E-state index < -0.39 is 22.9 Å². The van der Waals surface area contributed by atoms with Crippen molar-refractivity contribution in [3.05, 3.63) is 16.3 Å². The molecule has 6 N–H and O–H groups in total. The lowest BCUT2D eigenvalue weighted by Crippen LogP contribution is -2.83. The smallest absolute Gasteiger partial charge is 0.353 e. The Morgan fingerprint density at radius 3 is 2.79 bits per heavy atom. The number of carbonyl (C=O) groups is 3. The third-order valence-corrected chi connectivity index (χ3v) is 6.21. The summed E-state index contributed by atoms with van der Waals surface area (Å²) in [5, 5.41) is 19.0. The van der Waals surface area contributed by atoms with Crippen LogP contribution in [0.25, 0.3) is 0 Å². The number of carbonyl (C=O) groups excluding carboxylic acids is 2. The van der Waals surface area contributed by atoms with Gasteiger partial charge in [0.15, 0.2) is 5.01 Å². The molecule has 1 fully saturated rings. The predicted octanol–water partition coefficient (Wildman–Crippen LogP) is -1.51. The lowest BCUT2D eigenvalue weighted by molar-refractivity contribution is -0.157.